The molecule has 0 N–H and O–H groups in total. The van der Waals surface area contributed by atoms with Gasteiger partial charge >= 0.3 is 5.97 Å². The smallest absolute Gasteiger partial charge is 0.311 e. The van der Waals surface area contributed by atoms with E-state index in [1.165, 1.54) is 0 Å². The van der Waals surface area contributed by atoms with Gasteiger partial charge < -0.3 is 9.47 Å². The second-order valence-electron chi connectivity index (χ2n) is 5.70. The van der Waals surface area contributed by atoms with Crippen molar-refractivity contribution in [2.24, 2.45) is 0 Å². The number of halogens is 5. The number of rotatable bonds is 8. The van der Waals surface area contributed by atoms with Crippen LogP contribution >= 0.6 is 0 Å². The molecule has 0 amide bonds. The van der Waals surface area contributed by atoms with Crippen molar-refractivity contribution < 1.29 is 36.2 Å². The number of hydrogen-bond acceptors (Lipinski definition) is 3. The van der Waals surface area contributed by atoms with E-state index in [-0.39, 0.29) is 12.8 Å². The summed E-state index contributed by atoms with van der Waals surface area (Å²) in [5.41, 5.74) is 0.722. The molecule has 0 unspecified atom stereocenters. The fraction of sp³-hybridized carbons (Fsp3) is 0.250. The van der Waals surface area contributed by atoms with Crippen LogP contribution in [0.15, 0.2) is 24.3 Å². The van der Waals surface area contributed by atoms with Gasteiger partial charge in [0.1, 0.15) is 5.75 Å². The van der Waals surface area contributed by atoms with Crippen LogP contribution in [0.4, 0.5) is 22.0 Å². The van der Waals surface area contributed by atoms with Gasteiger partial charge in [-0.05, 0) is 43.5 Å². The molecule has 3 nitrogen and oxygen atoms in total. The van der Waals surface area contributed by atoms with E-state index in [4.69, 9.17) is 11.2 Å². The van der Waals surface area contributed by atoms with Crippen molar-refractivity contribution in [1.82, 2.24) is 0 Å². The van der Waals surface area contributed by atoms with Crippen molar-refractivity contribution in [2.45, 2.75) is 25.7 Å². The van der Waals surface area contributed by atoms with Gasteiger partial charge in [0, 0.05) is 12.0 Å². The molecule has 2 rings (SSSR count). The summed E-state index contributed by atoms with van der Waals surface area (Å²) in [5.74, 6) is -10.6. The van der Waals surface area contributed by atoms with E-state index < -0.39 is 40.8 Å². The molecule has 0 saturated carbocycles. The van der Waals surface area contributed by atoms with Gasteiger partial charge in [0.25, 0.3) is 0 Å². The Balaban J connectivity index is 1.74. The summed E-state index contributed by atoms with van der Waals surface area (Å²) in [4.78, 5) is 11.6. The molecule has 0 aliphatic heterocycles. The summed E-state index contributed by atoms with van der Waals surface area (Å²) in [5, 5.41) is 0. The first kappa shape index (κ1) is 21.2. The maximum absolute atomic E-state index is 13.4. The molecule has 0 aliphatic rings. The summed E-state index contributed by atoms with van der Waals surface area (Å²) in [7, 11) is 0. The predicted molar refractivity (Wildman–Crippen MR) is 90.2 cm³/mol. The monoisotopic (exact) mass is 398 g/mol. The molecule has 0 atom stereocenters. The van der Waals surface area contributed by atoms with E-state index in [0.29, 0.717) is 25.2 Å². The number of unbranched alkanes of at least 4 members (excludes halogenated alkanes) is 2. The third kappa shape index (κ3) is 5.22. The van der Waals surface area contributed by atoms with Crippen molar-refractivity contribution in [3.63, 3.8) is 0 Å². The highest BCUT2D eigenvalue weighted by molar-refractivity contribution is 5.72. The van der Waals surface area contributed by atoms with Gasteiger partial charge in [0.15, 0.2) is 0 Å². The Bertz CT molecular complexity index is 859. The zero-order chi connectivity index (χ0) is 20.7. The summed E-state index contributed by atoms with van der Waals surface area (Å²) in [6, 6.07) is 6.89. The fourth-order valence-corrected chi connectivity index (χ4v) is 2.22. The van der Waals surface area contributed by atoms with Crippen LogP contribution < -0.4 is 9.47 Å². The lowest BCUT2D eigenvalue weighted by Gasteiger charge is -2.09. The highest BCUT2D eigenvalue weighted by atomic mass is 19.2. The van der Waals surface area contributed by atoms with Crippen LogP contribution in [-0.2, 0) is 4.79 Å². The Labute approximate surface area is 158 Å². The predicted octanol–water partition coefficient (Wildman–Crippen LogP) is 4.91. The maximum atomic E-state index is 13.4. The van der Waals surface area contributed by atoms with Gasteiger partial charge in [-0.1, -0.05) is 5.92 Å². The van der Waals surface area contributed by atoms with Crippen LogP contribution in [0.3, 0.4) is 0 Å². The highest BCUT2D eigenvalue weighted by Gasteiger charge is 2.28. The molecule has 28 heavy (non-hydrogen) atoms. The van der Waals surface area contributed by atoms with E-state index in [0.717, 1.165) is 5.56 Å². The molecule has 0 bridgehead atoms. The summed E-state index contributed by atoms with van der Waals surface area (Å²) < 4.78 is 75.7. The number of hydrogen-bond donors (Lipinski definition) is 0. The quantitative estimate of drug-likeness (QED) is 0.121. The summed E-state index contributed by atoms with van der Waals surface area (Å²) >= 11 is 0. The largest absolute Gasteiger partial charge is 0.494 e. The minimum Gasteiger partial charge on any atom is -0.494 e. The van der Waals surface area contributed by atoms with Crippen LogP contribution in [0.5, 0.6) is 11.5 Å². The summed E-state index contributed by atoms with van der Waals surface area (Å²) in [6.07, 6.45) is 6.37. The fourth-order valence-electron chi connectivity index (χ4n) is 2.22. The normalized spacial score (nSPS) is 10.4. The molecule has 2 aromatic carbocycles. The van der Waals surface area contributed by atoms with E-state index in [2.05, 4.69) is 10.7 Å². The second-order valence-corrected chi connectivity index (χ2v) is 5.70. The van der Waals surface area contributed by atoms with Crippen LogP contribution in [0.1, 0.15) is 31.2 Å². The Kier molecular flexibility index (Phi) is 7.38. The average molecular weight is 398 g/mol. The zero-order valence-corrected chi connectivity index (χ0v) is 14.5. The van der Waals surface area contributed by atoms with Gasteiger partial charge in [0.2, 0.25) is 34.8 Å². The van der Waals surface area contributed by atoms with Crippen molar-refractivity contribution >= 4 is 5.97 Å². The number of terminal acetylenes is 1. The molecular weight excluding hydrogens is 383 g/mol. The minimum atomic E-state index is -2.32. The van der Waals surface area contributed by atoms with Gasteiger partial charge in [0.05, 0.1) is 6.61 Å². The standard InChI is InChI=1S/C20H15F5O3/c1-2-12-7-9-13(10-8-12)27-11-5-3-4-6-14(26)28-20-18(24)16(22)15(21)17(23)19(20)25/h1,7-10H,3-6,11H2. The first-order chi connectivity index (χ1) is 13.3. The van der Waals surface area contributed by atoms with Crippen LogP contribution in [0.2, 0.25) is 0 Å². The Morgan fingerprint density at radius 3 is 2.00 bits per heavy atom. The molecule has 0 saturated heterocycles. The molecular formula is C20H15F5O3. The number of esters is 1. The van der Waals surface area contributed by atoms with E-state index in [9.17, 15) is 26.7 Å². The molecule has 0 aliphatic carbocycles. The molecule has 0 fully saturated rings. The first-order valence-corrected chi connectivity index (χ1v) is 8.26. The van der Waals surface area contributed by atoms with Crippen molar-refractivity contribution in [3.8, 4) is 23.8 Å². The van der Waals surface area contributed by atoms with Crippen molar-refractivity contribution in [1.29, 1.82) is 0 Å². The molecule has 8 heteroatoms. The summed E-state index contributed by atoms with van der Waals surface area (Å²) in [6.45, 7) is 0.363. The van der Waals surface area contributed by atoms with Gasteiger partial charge in [-0.3, -0.25) is 4.79 Å². The number of carbonyl (C=O) groups excluding carboxylic acids is 1. The Hall–Kier alpha value is -3.08. The molecule has 0 radical (unpaired) electrons. The van der Waals surface area contributed by atoms with Gasteiger partial charge in [-0.2, -0.15) is 8.78 Å². The molecule has 0 spiro atoms. The molecule has 0 aromatic heterocycles. The van der Waals surface area contributed by atoms with Crippen molar-refractivity contribution in [3.05, 3.63) is 58.9 Å². The molecule has 0 heterocycles. The SMILES string of the molecule is C#Cc1ccc(OCCCCCC(=O)Oc2c(F)c(F)c(F)c(F)c2F)cc1. The van der Waals surface area contributed by atoms with E-state index in [1.54, 1.807) is 24.3 Å². The topological polar surface area (TPSA) is 35.5 Å². The van der Waals surface area contributed by atoms with E-state index in [1.807, 2.05) is 0 Å². The lowest BCUT2D eigenvalue weighted by molar-refractivity contribution is -0.135. The Morgan fingerprint density at radius 1 is 0.857 bits per heavy atom. The average Bonchev–Trinajstić information content (AvgIpc) is 2.71. The highest BCUT2D eigenvalue weighted by Crippen LogP contribution is 2.29. The van der Waals surface area contributed by atoms with E-state index >= 15 is 0 Å². The minimum absolute atomic E-state index is 0.254. The molecule has 148 valence electrons. The lowest BCUT2D eigenvalue weighted by Crippen LogP contribution is -2.13. The van der Waals surface area contributed by atoms with Gasteiger partial charge in [-0.25, -0.2) is 13.2 Å². The van der Waals surface area contributed by atoms with Crippen LogP contribution in [0, 0.1) is 41.4 Å². The lowest BCUT2D eigenvalue weighted by atomic mass is 10.2. The number of ether oxygens (including phenoxy) is 2. The van der Waals surface area contributed by atoms with Crippen LogP contribution in [0.25, 0.3) is 0 Å². The third-order valence-corrected chi connectivity index (χ3v) is 3.70. The van der Waals surface area contributed by atoms with Crippen LogP contribution in [-0.4, -0.2) is 12.6 Å². The second kappa shape index (κ2) is 9.74. The zero-order valence-electron chi connectivity index (χ0n) is 14.5. The van der Waals surface area contributed by atoms with Gasteiger partial charge in [-0.15, -0.1) is 6.42 Å². The maximum Gasteiger partial charge on any atom is 0.311 e. The van der Waals surface area contributed by atoms with Crippen molar-refractivity contribution in [2.75, 3.05) is 6.61 Å². The Morgan fingerprint density at radius 2 is 1.43 bits per heavy atom. The molecule has 2 aromatic rings. The first-order valence-electron chi connectivity index (χ1n) is 8.26. The number of benzene rings is 2. The third-order valence-electron chi connectivity index (χ3n) is 3.70. The number of carbonyl (C=O) groups is 1.